The second-order valence-corrected chi connectivity index (χ2v) is 5.49. The van der Waals surface area contributed by atoms with E-state index in [9.17, 15) is 4.79 Å². The van der Waals surface area contributed by atoms with Gasteiger partial charge in [-0.15, -0.1) is 0 Å². The highest BCUT2D eigenvalue weighted by atomic mass is 32.2. The summed E-state index contributed by atoms with van der Waals surface area (Å²) in [6.07, 6.45) is 5.25. The third-order valence-electron chi connectivity index (χ3n) is 2.98. The molecule has 0 unspecified atom stereocenters. The molecule has 21 heavy (non-hydrogen) atoms. The van der Waals surface area contributed by atoms with Crippen molar-refractivity contribution in [2.45, 2.75) is 12.1 Å². The molecule has 0 radical (unpaired) electrons. The SMILES string of the molecule is Cc1nn(C)cc1-n1c(SCC(=O)O)nc2cnccc21. The van der Waals surface area contributed by atoms with Crippen LogP contribution in [-0.2, 0) is 11.8 Å². The van der Waals surface area contributed by atoms with Crippen molar-refractivity contribution in [3.63, 3.8) is 0 Å². The maximum atomic E-state index is 10.8. The molecule has 1 N–H and O–H groups in total. The lowest BCUT2D eigenvalue weighted by Crippen LogP contribution is -2.02. The summed E-state index contributed by atoms with van der Waals surface area (Å²) in [4.78, 5) is 19.4. The van der Waals surface area contributed by atoms with E-state index in [-0.39, 0.29) is 5.75 Å². The summed E-state index contributed by atoms with van der Waals surface area (Å²) < 4.78 is 3.65. The number of aromatic nitrogens is 5. The fourth-order valence-electron chi connectivity index (χ4n) is 2.17. The van der Waals surface area contributed by atoms with Crippen LogP contribution in [0, 0.1) is 6.92 Å². The van der Waals surface area contributed by atoms with Crippen LogP contribution in [0.15, 0.2) is 29.8 Å². The van der Waals surface area contributed by atoms with Crippen molar-refractivity contribution in [2.24, 2.45) is 7.05 Å². The van der Waals surface area contributed by atoms with Gasteiger partial charge in [0.1, 0.15) is 5.52 Å². The molecule has 0 spiro atoms. The van der Waals surface area contributed by atoms with Gasteiger partial charge < -0.3 is 5.11 Å². The number of aryl methyl sites for hydroxylation is 2. The summed E-state index contributed by atoms with van der Waals surface area (Å²) >= 11 is 1.18. The Morgan fingerprint density at radius 3 is 2.95 bits per heavy atom. The molecule has 7 nitrogen and oxygen atoms in total. The molecule has 0 amide bonds. The number of pyridine rings is 1. The van der Waals surface area contributed by atoms with E-state index in [4.69, 9.17) is 5.11 Å². The Labute approximate surface area is 124 Å². The molecule has 8 heteroatoms. The van der Waals surface area contributed by atoms with E-state index in [1.54, 1.807) is 17.1 Å². The zero-order valence-corrected chi connectivity index (χ0v) is 12.3. The third kappa shape index (κ3) is 2.49. The minimum atomic E-state index is -0.875. The molecule has 0 aliphatic heterocycles. The number of hydrogen-bond donors (Lipinski definition) is 1. The van der Waals surface area contributed by atoms with Gasteiger partial charge in [-0.1, -0.05) is 11.8 Å². The number of fused-ring (bicyclic) bond motifs is 1. The van der Waals surface area contributed by atoms with Crippen molar-refractivity contribution >= 4 is 28.8 Å². The summed E-state index contributed by atoms with van der Waals surface area (Å²) in [5.74, 6) is -0.921. The molecule has 0 aliphatic carbocycles. The van der Waals surface area contributed by atoms with Crippen LogP contribution in [-0.4, -0.2) is 41.1 Å². The van der Waals surface area contributed by atoms with Crippen LogP contribution in [0.3, 0.4) is 0 Å². The second-order valence-electron chi connectivity index (χ2n) is 4.55. The Morgan fingerprint density at radius 1 is 1.48 bits per heavy atom. The Kier molecular flexibility index (Phi) is 3.38. The molecule has 0 aliphatic rings. The minimum absolute atomic E-state index is 0.0456. The topological polar surface area (TPSA) is 85.8 Å². The first-order valence-corrected chi connectivity index (χ1v) is 7.22. The number of hydrogen-bond acceptors (Lipinski definition) is 5. The fourth-order valence-corrected chi connectivity index (χ4v) is 2.91. The summed E-state index contributed by atoms with van der Waals surface area (Å²) in [6.45, 7) is 1.91. The molecule has 3 aromatic heterocycles. The van der Waals surface area contributed by atoms with Gasteiger partial charge in [0.25, 0.3) is 0 Å². The number of carboxylic acid groups (broad SMARTS) is 1. The van der Waals surface area contributed by atoms with Crippen molar-refractivity contribution in [3.8, 4) is 5.69 Å². The molecule has 0 atom stereocenters. The number of carbonyl (C=O) groups is 1. The first-order valence-electron chi connectivity index (χ1n) is 6.24. The molecule has 3 aromatic rings. The lowest BCUT2D eigenvalue weighted by atomic mass is 10.3. The van der Waals surface area contributed by atoms with Gasteiger partial charge in [0.15, 0.2) is 5.16 Å². The van der Waals surface area contributed by atoms with E-state index >= 15 is 0 Å². The van der Waals surface area contributed by atoms with Crippen LogP contribution in [0.5, 0.6) is 0 Å². The smallest absolute Gasteiger partial charge is 0.313 e. The van der Waals surface area contributed by atoms with E-state index < -0.39 is 5.97 Å². The fraction of sp³-hybridized carbons (Fsp3) is 0.231. The van der Waals surface area contributed by atoms with Crippen LogP contribution in [0.4, 0.5) is 0 Å². The van der Waals surface area contributed by atoms with Crippen molar-refractivity contribution in [2.75, 3.05) is 5.75 Å². The minimum Gasteiger partial charge on any atom is -0.481 e. The number of imidazole rings is 1. The van der Waals surface area contributed by atoms with Gasteiger partial charge in [-0.2, -0.15) is 5.10 Å². The third-order valence-corrected chi connectivity index (χ3v) is 3.90. The molecular formula is C13H13N5O2S. The number of rotatable bonds is 4. The number of nitrogens with zero attached hydrogens (tertiary/aromatic N) is 5. The molecule has 0 saturated heterocycles. The lowest BCUT2D eigenvalue weighted by Gasteiger charge is -2.06. The van der Waals surface area contributed by atoms with Gasteiger partial charge in [0.2, 0.25) is 0 Å². The summed E-state index contributed by atoms with van der Waals surface area (Å²) in [5.41, 5.74) is 3.35. The molecule has 3 rings (SSSR count). The Balaban J connectivity index is 2.20. The van der Waals surface area contributed by atoms with E-state index in [2.05, 4.69) is 15.1 Å². The van der Waals surface area contributed by atoms with Gasteiger partial charge >= 0.3 is 5.97 Å². The maximum absolute atomic E-state index is 10.8. The largest absolute Gasteiger partial charge is 0.481 e. The van der Waals surface area contributed by atoms with Crippen LogP contribution < -0.4 is 0 Å². The van der Waals surface area contributed by atoms with Crippen molar-refractivity contribution in [1.29, 1.82) is 0 Å². The van der Waals surface area contributed by atoms with Crippen molar-refractivity contribution in [3.05, 3.63) is 30.4 Å². The first-order chi connectivity index (χ1) is 10.1. The van der Waals surface area contributed by atoms with Gasteiger partial charge in [-0.3, -0.25) is 19.0 Å². The summed E-state index contributed by atoms with van der Waals surface area (Å²) in [6, 6.07) is 1.86. The average Bonchev–Trinajstić information content (AvgIpc) is 2.95. The van der Waals surface area contributed by atoms with Gasteiger partial charge in [0, 0.05) is 19.4 Å². The van der Waals surface area contributed by atoms with Crippen LogP contribution in [0.1, 0.15) is 5.69 Å². The summed E-state index contributed by atoms with van der Waals surface area (Å²) in [5, 5.41) is 13.8. The zero-order valence-electron chi connectivity index (χ0n) is 11.5. The van der Waals surface area contributed by atoms with Crippen LogP contribution in [0.25, 0.3) is 16.7 Å². The quantitative estimate of drug-likeness (QED) is 0.737. The molecule has 0 bridgehead atoms. The molecule has 0 saturated carbocycles. The maximum Gasteiger partial charge on any atom is 0.313 e. The Hall–Kier alpha value is -2.35. The number of thioether (sulfide) groups is 1. The Morgan fingerprint density at radius 2 is 2.29 bits per heavy atom. The second kappa shape index (κ2) is 5.21. The van der Waals surface area contributed by atoms with Crippen LogP contribution >= 0.6 is 11.8 Å². The molecular weight excluding hydrogens is 290 g/mol. The normalized spacial score (nSPS) is 11.1. The number of aliphatic carboxylic acids is 1. The van der Waals surface area contributed by atoms with Gasteiger partial charge in [-0.05, 0) is 13.0 Å². The standard InChI is InChI=1S/C13H13N5O2S/c1-8-11(6-17(2)16-8)18-10-3-4-14-5-9(10)15-13(18)21-7-12(19)20/h3-6H,7H2,1-2H3,(H,19,20). The predicted molar refractivity (Wildman–Crippen MR) is 78.7 cm³/mol. The highest BCUT2D eigenvalue weighted by Gasteiger charge is 2.17. The summed E-state index contributed by atoms with van der Waals surface area (Å²) in [7, 11) is 1.85. The highest BCUT2D eigenvalue weighted by Crippen LogP contribution is 2.28. The molecule has 3 heterocycles. The van der Waals surface area contributed by atoms with Crippen LogP contribution in [0.2, 0.25) is 0 Å². The number of carboxylic acids is 1. The molecule has 0 fully saturated rings. The molecule has 0 aromatic carbocycles. The Bertz CT molecular complexity index is 823. The van der Waals surface area contributed by atoms with Gasteiger partial charge in [-0.25, -0.2) is 4.98 Å². The molecule has 108 valence electrons. The van der Waals surface area contributed by atoms with E-state index in [1.165, 1.54) is 11.8 Å². The lowest BCUT2D eigenvalue weighted by molar-refractivity contribution is -0.133. The van der Waals surface area contributed by atoms with E-state index in [0.717, 1.165) is 22.4 Å². The average molecular weight is 303 g/mol. The highest BCUT2D eigenvalue weighted by molar-refractivity contribution is 7.99. The zero-order chi connectivity index (χ0) is 15.0. The predicted octanol–water partition coefficient (Wildman–Crippen LogP) is 1.64. The van der Waals surface area contributed by atoms with E-state index in [0.29, 0.717) is 5.16 Å². The monoisotopic (exact) mass is 303 g/mol. The van der Waals surface area contributed by atoms with Gasteiger partial charge in [0.05, 0.1) is 28.8 Å². The first kappa shape index (κ1) is 13.6. The van der Waals surface area contributed by atoms with E-state index in [1.807, 2.05) is 30.8 Å². The van der Waals surface area contributed by atoms with Crippen molar-refractivity contribution in [1.82, 2.24) is 24.3 Å². The van der Waals surface area contributed by atoms with Crippen molar-refractivity contribution < 1.29 is 9.90 Å².